The Kier molecular flexibility index (Phi) is 10.2. The Morgan fingerprint density at radius 2 is 2.11 bits per heavy atom. The molecule has 18 heavy (non-hydrogen) atoms. The molecule has 2 nitrogen and oxygen atoms in total. The van der Waals surface area contributed by atoms with Crippen molar-refractivity contribution >= 4 is 5.97 Å². The highest BCUT2D eigenvalue weighted by molar-refractivity contribution is 5.89. The summed E-state index contributed by atoms with van der Waals surface area (Å²) < 4.78 is 5.22. The molecule has 0 aromatic carbocycles. The molecule has 0 saturated heterocycles. The van der Waals surface area contributed by atoms with Crippen molar-refractivity contribution < 1.29 is 9.53 Å². The number of carbonyl (C=O) groups excluding carboxylic acids is 1. The highest BCUT2D eigenvalue weighted by Crippen LogP contribution is 2.15. The zero-order chi connectivity index (χ0) is 13.8. The number of allylic oxidation sites excluding steroid dienone is 1. The maximum atomic E-state index is 11.8. The first-order valence-electron chi connectivity index (χ1n) is 6.97. The Morgan fingerprint density at radius 1 is 1.39 bits per heavy atom. The summed E-state index contributed by atoms with van der Waals surface area (Å²) in [5.74, 6) is 2.80. The summed E-state index contributed by atoms with van der Waals surface area (Å²) >= 11 is 0. The fourth-order valence-corrected chi connectivity index (χ4v) is 1.55. The lowest BCUT2D eigenvalue weighted by Gasteiger charge is -2.10. The quantitative estimate of drug-likeness (QED) is 0.266. The summed E-state index contributed by atoms with van der Waals surface area (Å²) in [6.07, 6.45) is 12.8. The van der Waals surface area contributed by atoms with E-state index in [1.54, 1.807) is 6.08 Å². The molecule has 0 aromatic heterocycles. The third-order valence-electron chi connectivity index (χ3n) is 3.10. The first kappa shape index (κ1) is 16.8. The van der Waals surface area contributed by atoms with Crippen LogP contribution >= 0.6 is 0 Å². The predicted octanol–water partition coefficient (Wildman–Crippen LogP) is 4.11. The Morgan fingerprint density at radius 3 is 2.67 bits per heavy atom. The van der Waals surface area contributed by atoms with E-state index >= 15 is 0 Å². The second kappa shape index (κ2) is 10.9. The molecule has 0 bridgehead atoms. The lowest BCUT2D eigenvalue weighted by Crippen LogP contribution is -2.10. The average molecular weight is 250 g/mol. The van der Waals surface area contributed by atoms with Crippen molar-refractivity contribution in [1.29, 1.82) is 0 Å². The lowest BCUT2D eigenvalue weighted by molar-refractivity contribution is -0.139. The molecule has 102 valence electrons. The number of carbonyl (C=O) groups is 1. The van der Waals surface area contributed by atoms with Crippen LogP contribution in [-0.2, 0) is 9.53 Å². The Bertz CT molecular complexity index is 297. The van der Waals surface area contributed by atoms with Gasteiger partial charge in [-0.2, -0.15) is 0 Å². The highest BCUT2D eigenvalue weighted by Gasteiger charge is 2.11. The van der Waals surface area contributed by atoms with Crippen molar-refractivity contribution in [2.45, 2.75) is 59.3 Å². The number of ether oxygens (including phenoxy) is 1. The minimum absolute atomic E-state index is 0.243. The van der Waals surface area contributed by atoms with Crippen LogP contribution < -0.4 is 0 Å². The molecule has 0 rings (SSSR count). The van der Waals surface area contributed by atoms with Gasteiger partial charge >= 0.3 is 5.97 Å². The van der Waals surface area contributed by atoms with Crippen molar-refractivity contribution in [2.24, 2.45) is 5.92 Å². The van der Waals surface area contributed by atoms with Gasteiger partial charge in [-0.15, -0.1) is 6.42 Å². The highest BCUT2D eigenvalue weighted by atomic mass is 16.5. The number of rotatable bonds is 9. The van der Waals surface area contributed by atoms with Crippen LogP contribution in [0.5, 0.6) is 0 Å². The summed E-state index contributed by atoms with van der Waals surface area (Å²) in [6.45, 7) is 6.95. The molecule has 0 saturated carbocycles. The van der Waals surface area contributed by atoms with Gasteiger partial charge in [-0.25, -0.2) is 4.79 Å². The van der Waals surface area contributed by atoms with Gasteiger partial charge in [0, 0.05) is 5.57 Å². The smallest absolute Gasteiger partial charge is 0.334 e. The van der Waals surface area contributed by atoms with Crippen LogP contribution in [0.3, 0.4) is 0 Å². The maximum Gasteiger partial charge on any atom is 0.334 e. The Hall–Kier alpha value is -1.23. The van der Waals surface area contributed by atoms with Crippen molar-refractivity contribution in [3.63, 3.8) is 0 Å². The van der Waals surface area contributed by atoms with Gasteiger partial charge in [0.1, 0.15) is 0 Å². The van der Waals surface area contributed by atoms with Crippen molar-refractivity contribution in [3.8, 4) is 12.3 Å². The summed E-state index contributed by atoms with van der Waals surface area (Å²) in [7, 11) is 0. The third kappa shape index (κ3) is 7.95. The Balaban J connectivity index is 4.13. The summed E-state index contributed by atoms with van der Waals surface area (Å²) in [4.78, 5) is 11.8. The van der Waals surface area contributed by atoms with Crippen LogP contribution in [0.4, 0.5) is 0 Å². The Labute approximate surface area is 112 Å². The second-order valence-electron chi connectivity index (χ2n) is 4.73. The van der Waals surface area contributed by atoms with E-state index in [0.29, 0.717) is 24.5 Å². The maximum absolute atomic E-state index is 11.8. The van der Waals surface area contributed by atoms with E-state index < -0.39 is 0 Å². The van der Waals surface area contributed by atoms with Gasteiger partial charge in [0.2, 0.25) is 0 Å². The van der Waals surface area contributed by atoms with Crippen LogP contribution in [-0.4, -0.2) is 12.6 Å². The molecular weight excluding hydrogens is 224 g/mol. The number of hydrogen-bond donors (Lipinski definition) is 0. The molecule has 0 heterocycles. The van der Waals surface area contributed by atoms with Gasteiger partial charge in [0.25, 0.3) is 0 Å². The minimum Gasteiger partial charge on any atom is -0.462 e. The van der Waals surface area contributed by atoms with Gasteiger partial charge in [0.05, 0.1) is 6.61 Å². The van der Waals surface area contributed by atoms with Crippen LogP contribution in [0, 0.1) is 18.3 Å². The first-order chi connectivity index (χ1) is 8.65. The molecule has 0 aliphatic carbocycles. The number of unbranched alkanes of at least 4 members (excludes halogenated alkanes) is 2. The topological polar surface area (TPSA) is 26.3 Å². The second-order valence-corrected chi connectivity index (χ2v) is 4.73. The fraction of sp³-hybridized carbons (Fsp3) is 0.688. The molecule has 0 spiro atoms. The van der Waals surface area contributed by atoms with Crippen LogP contribution in [0.25, 0.3) is 0 Å². The zero-order valence-electron chi connectivity index (χ0n) is 12.0. The normalized spacial score (nSPS) is 12.9. The monoisotopic (exact) mass is 250 g/mol. The minimum atomic E-state index is -0.243. The van der Waals surface area contributed by atoms with Crippen molar-refractivity contribution in [3.05, 3.63) is 11.6 Å². The van der Waals surface area contributed by atoms with E-state index in [1.807, 2.05) is 0 Å². The van der Waals surface area contributed by atoms with E-state index in [0.717, 1.165) is 32.1 Å². The standard InChI is InChI=1S/C16H26O2/c1-5-8-9-13-18-16(17)15(10-6-2)12-11-14(4)7-3/h2,10,14H,5,7-9,11-13H2,1,3-4H3/b15-10+. The third-order valence-corrected chi connectivity index (χ3v) is 3.10. The summed E-state index contributed by atoms with van der Waals surface area (Å²) in [6, 6.07) is 0. The fourth-order valence-electron chi connectivity index (χ4n) is 1.55. The van der Waals surface area contributed by atoms with E-state index in [9.17, 15) is 4.79 Å². The van der Waals surface area contributed by atoms with Crippen LogP contribution in [0.2, 0.25) is 0 Å². The van der Waals surface area contributed by atoms with Crippen molar-refractivity contribution in [2.75, 3.05) is 6.61 Å². The molecule has 0 N–H and O–H groups in total. The molecular formula is C16H26O2. The molecule has 1 atom stereocenters. The lowest BCUT2D eigenvalue weighted by atomic mass is 9.99. The van der Waals surface area contributed by atoms with Crippen molar-refractivity contribution in [1.82, 2.24) is 0 Å². The molecule has 0 amide bonds. The number of hydrogen-bond acceptors (Lipinski definition) is 2. The van der Waals surface area contributed by atoms with Crippen LogP contribution in [0.1, 0.15) is 59.3 Å². The van der Waals surface area contributed by atoms with E-state index in [4.69, 9.17) is 11.2 Å². The van der Waals surface area contributed by atoms with E-state index in [1.165, 1.54) is 0 Å². The largest absolute Gasteiger partial charge is 0.462 e. The van der Waals surface area contributed by atoms with Gasteiger partial charge in [-0.05, 0) is 31.3 Å². The first-order valence-corrected chi connectivity index (χ1v) is 6.97. The van der Waals surface area contributed by atoms with E-state index in [2.05, 4.69) is 26.7 Å². The molecule has 1 unspecified atom stereocenters. The molecule has 0 aliphatic rings. The summed E-state index contributed by atoms with van der Waals surface area (Å²) in [5.41, 5.74) is 0.634. The molecule has 0 fully saturated rings. The summed E-state index contributed by atoms with van der Waals surface area (Å²) in [5, 5.41) is 0. The van der Waals surface area contributed by atoms with E-state index in [-0.39, 0.29) is 5.97 Å². The van der Waals surface area contributed by atoms with Crippen LogP contribution in [0.15, 0.2) is 11.6 Å². The van der Waals surface area contributed by atoms with Gasteiger partial charge in [-0.3, -0.25) is 0 Å². The molecule has 0 aromatic rings. The molecule has 2 heteroatoms. The zero-order valence-corrected chi connectivity index (χ0v) is 12.0. The van der Waals surface area contributed by atoms with Gasteiger partial charge < -0.3 is 4.74 Å². The van der Waals surface area contributed by atoms with Gasteiger partial charge in [-0.1, -0.05) is 46.0 Å². The average Bonchev–Trinajstić information content (AvgIpc) is 2.38. The molecule has 0 radical (unpaired) electrons. The molecule has 0 aliphatic heterocycles. The number of terminal acetylenes is 1. The predicted molar refractivity (Wildman–Crippen MR) is 76.1 cm³/mol. The van der Waals surface area contributed by atoms with Gasteiger partial charge in [0.15, 0.2) is 0 Å². The number of esters is 1. The SMILES string of the molecule is C#C/C=C(\CCC(C)CC)C(=O)OCCCCC.